The number of rotatable bonds is 6. The number of aliphatic hydroxyl groups is 1. The summed E-state index contributed by atoms with van der Waals surface area (Å²) in [7, 11) is 0. The van der Waals surface area contributed by atoms with Crippen LogP contribution in [0.3, 0.4) is 0 Å². The Morgan fingerprint density at radius 3 is 2.50 bits per heavy atom. The molecule has 1 aromatic rings. The van der Waals surface area contributed by atoms with E-state index in [2.05, 4.69) is 37.2 Å². The highest BCUT2D eigenvalue weighted by Crippen LogP contribution is 2.30. The number of aliphatic hydroxyl groups excluding tert-OH is 1. The number of ether oxygens (including phenoxy) is 1. The van der Waals surface area contributed by atoms with Crippen molar-refractivity contribution in [1.82, 2.24) is 0 Å². The van der Waals surface area contributed by atoms with E-state index in [1.807, 2.05) is 18.2 Å². The molecule has 0 saturated heterocycles. The number of nitrogens with one attached hydrogen (secondary N) is 1. The third-order valence-corrected chi connectivity index (χ3v) is 4.88. The van der Waals surface area contributed by atoms with Crippen LogP contribution in [0.4, 0.5) is 5.69 Å². The Labute approximate surface area is 137 Å². The SMILES string of the molecule is OC(CNc1c(Br)cccc1Br)COC1CCCCC1. The van der Waals surface area contributed by atoms with Crippen LogP contribution in [-0.4, -0.2) is 30.5 Å². The van der Waals surface area contributed by atoms with E-state index in [-0.39, 0.29) is 0 Å². The molecule has 1 aliphatic carbocycles. The molecule has 0 bridgehead atoms. The van der Waals surface area contributed by atoms with Crippen molar-refractivity contribution in [1.29, 1.82) is 0 Å². The van der Waals surface area contributed by atoms with E-state index in [1.54, 1.807) is 0 Å². The molecule has 1 fully saturated rings. The zero-order valence-electron chi connectivity index (χ0n) is 11.4. The van der Waals surface area contributed by atoms with Gasteiger partial charge in [0.1, 0.15) is 0 Å². The van der Waals surface area contributed by atoms with E-state index < -0.39 is 6.10 Å². The number of anilines is 1. The minimum absolute atomic E-state index is 0.341. The van der Waals surface area contributed by atoms with Crippen LogP contribution >= 0.6 is 31.9 Å². The summed E-state index contributed by atoms with van der Waals surface area (Å²) in [6.45, 7) is 0.883. The summed E-state index contributed by atoms with van der Waals surface area (Å²) in [4.78, 5) is 0. The van der Waals surface area contributed by atoms with Crippen LogP contribution in [-0.2, 0) is 4.74 Å². The van der Waals surface area contributed by atoms with E-state index in [9.17, 15) is 5.11 Å². The lowest BCUT2D eigenvalue weighted by Crippen LogP contribution is -2.28. The molecule has 112 valence electrons. The fourth-order valence-electron chi connectivity index (χ4n) is 2.42. The first kappa shape index (κ1) is 16.3. The fraction of sp³-hybridized carbons (Fsp3) is 0.600. The molecule has 0 amide bonds. The topological polar surface area (TPSA) is 41.5 Å². The Hall–Kier alpha value is -0.100. The quantitative estimate of drug-likeness (QED) is 0.738. The summed E-state index contributed by atoms with van der Waals surface area (Å²) in [5.74, 6) is 0. The van der Waals surface area contributed by atoms with Crippen LogP contribution in [0, 0.1) is 0 Å². The van der Waals surface area contributed by atoms with Crippen LogP contribution < -0.4 is 5.32 Å². The third kappa shape index (κ3) is 5.02. The van der Waals surface area contributed by atoms with E-state index >= 15 is 0 Å². The van der Waals surface area contributed by atoms with Gasteiger partial charge in [-0.05, 0) is 56.8 Å². The lowest BCUT2D eigenvalue weighted by Gasteiger charge is -2.23. The summed E-state index contributed by atoms with van der Waals surface area (Å²) in [5, 5.41) is 13.2. The van der Waals surface area contributed by atoms with Gasteiger partial charge >= 0.3 is 0 Å². The summed E-state index contributed by atoms with van der Waals surface area (Å²) < 4.78 is 7.74. The maximum Gasteiger partial charge on any atom is 0.0945 e. The molecule has 1 aliphatic rings. The van der Waals surface area contributed by atoms with Gasteiger partial charge in [-0.1, -0.05) is 25.3 Å². The van der Waals surface area contributed by atoms with Crippen molar-refractivity contribution in [2.24, 2.45) is 0 Å². The van der Waals surface area contributed by atoms with Gasteiger partial charge in [0.05, 0.1) is 24.5 Å². The number of halogens is 2. The van der Waals surface area contributed by atoms with Crippen molar-refractivity contribution in [2.45, 2.75) is 44.3 Å². The van der Waals surface area contributed by atoms with Crippen LogP contribution in [0.15, 0.2) is 27.1 Å². The number of hydrogen-bond donors (Lipinski definition) is 2. The highest BCUT2D eigenvalue weighted by Gasteiger charge is 2.15. The average molecular weight is 407 g/mol. The van der Waals surface area contributed by atoms with Gasteiger partial charge < -0.3 is 15.2 Å². The first-order chi connectivity index (χ1) is 9.66. The molecule has 0 radical (unpaired) electrons. The predicted octanol–water partition coefficient (Wildman–Crippen LogP) is 4.33. The molecule has 1 saturated carbocycles. The normalized spacial score (nSPS) is 17.9. The van der Waals surface area contributed by atoms with Gasteiger partial charge in [-0.2, -0.15) is 0 Å². The van der Waals surface area contributed by atoms with Gasteiger partial charge in [0.25, 0.3) is 0 Å². The number of para-hydroxylation sites is 1. The predicted molar refractivity (Wildman–Crippen MR) is 89.2 cm³/mol. The summed E-state index contributed by atoms with van der Waals surface area (Å²) in [5.41, 5.74) is 0.962. The molecule has 20 heavy (non-hydrogen) atoms. The second kappa shape index (κ2) is 8.37. The number of hydrogen-bond acceptors (Lipinski definition) is 3. The second-order valence-corrected chi connectivity index (χ2v) is 6.93. The zero-order valence-corrected chi connectivity index (χ0v) is 14.6. The molecule has 1 atom stereocenters. The lowest BCUT2D eigenvalue weighted by molar-refractivity contribution is -0.0195. The monoisotopic (exact) mass is 405 g/mol. The Bertz CT molecular complexity index is 402. The van der Waals surface area contributed by atoms with E-state index in [0.717, 1.165) is 27.5 Å². The molecule has 0 heterocycles. The Morgan fingerprint density at radius 2 is 1.85 bits per heavy atom. The van der Waals surface area contributed by atoms with Gasteiger partial charge in [0.2, 0.25) is 0 Å². The Morgan fingerprint density at radius 1 is 1.20 bits per heavy atom. The van der Waals surface area contributed by atoms with Crippen LogP contribution in [0.1, 0.15) is 32.1 Å². The summed E-state index contributed by atoms with van der Waals surface area (Å²) in [6.07, 6.45) is 5.95. The molecule has 3 nitrogen and oxygen atoms in total. The molecule has 0 aromatic heterocycles. The van der Waals surface area contributed by atoms with E-state index in [4.69, 9.17) is 4.74 Å². The van der Waals surface area contributed by atoms with Gasteiger partial charge in [0.15, 0.2) is 0 Å². The largest absolute Gasteiger partial charge is 0.389 e. The average Bonchev–Trinajstić information content (AvgIpc) is 2.46. The van der Waals surface area contributed by atoms with Gasteiger partial charge in [-0.15, -0.1) is 0 Å². The lowest BCUT2D eigenvalue weighted by atomic mass is 9.98. The van der Waals surface area contributed by atoms with Crippen LogP contribution in [0.25, 0.3) is 0 Å². The minimum atomic E-state index is -0.490. The standard InChI is InChI=1S/C15H21Br2NO2/c16-13-7-4-8-14(17)15(13)18-9-11(19)10-20-12-5-2-1-3-6-12/h4,7-8,11-12,18-19H,1-3,5-6,9-10H2. The Balaban J connectivity index is 1.73. The van der Waals surface area contributed by atoms with Crippen LogP contribution in [0.5, 0.6) is 0 Å². The minimum Gasteiger partial charge on any atom is -0.389 e. The highest BCUT2D eigenvalue weighted by molar-refractivity contribution is 9.11. The molecule has 1 unspecified atom stereocenters. The molecular formula is C15H21Br2NO2. The third-order valence-electron chi connectivity index (χ3n) is 3.55. The number of benzene rings is 1. The van der Waals surface area contributed by atoms with Crippen molar-refractivity contribution in [3.8, 4) is 0 Å². The summed E-state index contributed by atoms with van der Waals surface area (Å²) in [6, 6.07) is 5.90. The summed E-state index contributed by atoms with van der Waals surface area (Å²) >= 11 is 6.99. The van der Waals surface area contributed by atoms with Crippen molar-refractivity contribution >= 4 is 37.5 Å². The molecule has 0 aliphatic heterocycles. The van der Waals surface area contributed by atoms with E-state index in [0.29, 0.717) is 19.3 Å². The first-order valence-corrected chi connectivity index (χ1v) is 8.73. The molecular weight excluding hydrogens is 386 g/mol. The van der Waals surface area contributed by atoms with Gasteiger partial charge in [-0.25, -0.2) is 0 Å². The molecule has 5 heteroatoms. The van der Waals surface area contributed by atoms with Crippen molar-refractivity contribution in [3.63, 3.8) is 0 Å². The molecule has 1 aromatic carbocycles. The molecule has 2 rings (SSSR count). The second-order valence-electron chi connectivity index (χ2n) is 5.22. The molecule has 0 spiro atoms. The van der Waals surface area contributed by atoms with Gasteiger partial charge in [0, 0.05) is 15.5 Å². The van der Waals surface area contributed by atoms with Gasteiger partial charge in [-0.3, -0.25) is 0 Å². The first-order valence-electron chi connectivity index (χ1n) is 7.14. The maximum atomic E-state index is 10.0. The van der Waals surface area contributed by atoms with Crippen LogP contribution in [0.2, 0.25) is 0 Å². The molecule has 2 N–H and O–H groups in total. The highest BCUT2D eigenvalue weighted by atomic mass is 79.9. The van der Waals surface area contributed by atoms with Crippen molar-refractivity contribution in [2.75, 3.05) is 18.5 Å². The maximum absolute atomic E-state index is 10.0. The zero-order chi connectivity index (χ0) is 14.4. The fourth-order valence-corrected chi connectivity index (χ4v) is 3.70. The Kier molecular flexibility index (Phi) is 6.81. The van der Waals surface area contributed by atoms with E-state index in [1.165, 1.54) is 19.3 Å². The van der Waals surface area contributed by atoms with Crippen molar-refractivity contribution in [3.05, 3.63) is 27.1 Å². The van der Waals surface area contributed by atoms with Crippen molar-refractivity contribution < 1.29 is 9.84 Å². The smallest absolute Gasteiger partial charge is 0.0945 e.